The fraction of sp³-hybridized carbons (Fsp3) is 0.500. The van der Waals surface area contributed by atoms with Gasteiger partial charge in [0.2, 0.25) is 0 Å². The highest BCUT2D eigenvalue weighted by molar-refractivity contribution is 5.28. The van der Waals surface area contributed by atoms with Crippen molar-refractivity contribution in [2.45, 2.75) is 71.6 Å². The van der Waals surface area contributed by atoms with Crippen LogP contribution in [0.5, 0.6) is 0 Å². The highest BCUT2D eigenvalue weighted by atomic mass is 14.7. The summed E-state index contributed by atoms with van der Waals surface area (Å²) in [5, 5.41) is 0. The van der Waals surface area contributed by atoms with Crippen LogP contribution in [0.3, 0.4) is 0 Å². The number of hydrogen-bond acceptors (Lipinski definition) is 1. The van der Waals surface area contributed by atoms with E-state index in [1.165, 1.54) is 35.4 Å². The molecule has 0 aliphatic carbocycles. The van der Waals surface area contributed by atoms with E-state index < -0.39 is 0 Å². The smallest absolute Gasteiger partial charge is 0.0432 e. The minimum Gasteiger partial charge on any atom is -0.258 e. The Labute approximate surface area is 142 Å². The van der Waals surface area contributed by atoms with Crippen LogP contribution in [0, 0.1) is 0 Å². The molecule has 0 amide bonds. The summed E-state index contributed by atoms with van der Waals surface area (Å²) >= 11 is 0. The summed E-state index contributed by atoms with van der Waals surface area (Å²) in [6, 6.07) is 15.5. The van der Waals surface area contributed by atoms with Crippen LogP contribution in [0.1, 0.15) is 87.7 Å². The van der Waals surface area contributed by atoms with E-state index >= 15 is 0 Å². The number of rotatable bonds is 7. The number of benzene rings is 1. The van der Waals surface area contributed by atoms with Crippen molar-refractivity contribution in [1.29, 1.82) is 0 Å². The molecule has 1 atom stereocenters. The minimum absolute atomic E-state index is 0.507. The molecule has 1 aromatic carbocycles. The first-order valence-electron chi connectivity index (χ1n) is 9.03. The zero-order valence-corrected chi connectivity index (χ0v) is 15.3. The van der Waals surface area contributed by atoms with E-state index in [1.54, 1.807) is 0 Å². The standard InChI is InChI=1S/C22H31N/c1-16(2)19-10-7-11-20(15-19)18(5)9-6-12-21-13-8-14-22(23-21)17(3)4/h7-8,10-11,13-18H,6,9,12H2,1-5H3. The van der Waals surface area contributed by atoms with Gasteiger partial charge in [-0.3, -0.25) is 4.98 Å². The fourth-order valence-electron chi connectivity index (χ4n) is 2.94. The van der Waals surface area contributed by atoms with Gasteiger partial charge in [-0.05, 0) is 60.3 Å². The summed E-state index contributed by atoms with van der Waals surface area (Å²) in [7, 11) is 0. The summed E-state index contributed by atoms with van der Waals surface area (Å²) in [6.45, 7) is 11.3. The molecule has 23 heavy (non-hydrogen) atoms. The highest BCUT2D eigenvalue weighted by Gasteiger charge is 2.08. The first-order valence-corrected chi connectivity index (χ1v) is 9.03. The van der Waals surface area contributed by atoms with E-state index in [0.717, 1.165) is 6.42 Å². The van der Waals surface area contributed by atoms with Crippen LogP contribution in [0.2, 0.25) is 0 Å². The van der Waals surface area contributed by atoms with Crippen molar-refractivity contribution in [2.24, 2.45) is 0 Å². The van der Waals surface area contributed by atoms with Crippen molar-refractivity contribution in [3.05, 3.63) is 65.0 Å². The molecule has 124 valence electrons. The highest BCUT2D eigenvalue weighted by Crippen LogP contribution is 2.25. The first-order chi connectivity index (χ1) is 11.0. The second-order valence-corrected chi connectivity index (χ2v) is 7.33. The predicted molar refractivity (Wildman–Crippen MR) is 100 cm³/mol. The van der Waals surface area contributed by atoms with Crippen LogP contribution in [0.4, 0.5) is 0 Å². The lowest BCUT2D eigenvalue weighted by molar-refractivity contribution is 0.625. The van der Waals surface area contributed by atoms with Crippen molar-refractivity contribution < 1.29 is 0 Å². The van der Waals surface area contributed by atoms with E-state index in [0.29, 0.717) is 17.8 Å². The molecule has 0 aliphatic heterocycles. The third-order valence-corrected chi connectivity index (χ3v) is 4.64. The van der Waals surface area contributed by atoms with Gasteiger partial charge in [-0.25, -0.2) is 0 Å². The van der Waals surface area contributed by atoms with Crippen LogP contribution in [0.25, 0.3) is 0 Å². The molecule has 2 aromatic rings. The van der Waals surface area contributed by atoms with Gasteiger partial charge < -0.3 is 0 Å². The van der Waals surface area contributed by atoms with Crippen LogP contribution in [0.15, 0.2) is 42.5 Å². The summed E-state index contributed by atoms with van der Waals surface area (Å²) < 4.78 is 0. The second-order valence-electron chi connectivity index (χ2n) is 7.33. The molecule has 0 N–H and O–H groups in total. The molecule has 0 aliphatic rings. The maximum absolute atomic E-state index is 4.78. The molecule has 1 unspecified atom stereocenters. The van der Waals surface area contributed by atoms with E-state index in [-0.39, 0.29) is 0 Å². The molecule has 0 saturated heterocycles. The summed E-state index contributed by atoms with van der Waals surface area (Å²) in [5.74, 6) is 1.72. The Kier molecular flexibility index (Phi) is 6.38. The molecular formula is C22H31N. The maximum atomic E-state index is 4.78. The van der Waals surface area contributed by atoms with Gasteiger partial charge >= 0.3 is 0 Å². The molecule has 1 heteroatoms. The first kappa shape index (κ1) is 17.7. The van der Waals surface area contributed by atoms with Gasteiger partial charge in [-0.1, -0.05) is 65.0 Å². The lowest BCUT2D eigenvalue weighted by Crippen LogP contribution is -2.00. The molecular weight excluding hydrogens is 278 g/mol. The van der Waals surface area contributed by atoms with Crippen LogP contribution in [-0.4, -0.2) is 4.98 Å². The van der Waals surface area contributed by atoms with E-state index in [9.17, 15) is 0 Å². The lowest BCUT2D eigenvalue weighted by atomic mass is 9.91. The largest absolute Gasteiger partial charge is 0.258 e. The van der Waals surface area contributed by atoms with Gasteiger partial charge in [0.1, 0.15) is 0 Å². The second kappa shape index (κ2) is 8.29. The third-order valence-electron chi connectivity index (χ3n) is 4.64. The number of aryl methyl sites for hydroxylation is 1. The van der Waals surface area contributed by atoms with Crippen molar-refractivity contribution in [1.82, 2.24) is 4.98 Å². The Morgan fingerprint density at radius 1 is 0.826 bits per heavy atom. The van der Waals surface area contributed by atoms with E-state index in [4.69, 9.17) is 4.98 Å². The van der Waals surface area contributed by atoms with Crippen molar-refractivity contribution in [3.63, 3.8) is 0 Å². The SMILES string of the molecule is CC(C)c1cccc(C(C)CCCc2cccc(C(C)C)n2)c1. The van der Waals surface area contributed by atoms with Gasteiger partial charge in [0.25, 0.3) is 0 Å². The monoisotopic (exact) mass is 309 g/mol. The molecule has 1 heterocycles. The average molecular weight is 309 g/mol. The number of aromatic nitrogens is 1. The van der Waals surface area contributed by atoms with Gasteiger partial charge in [0, 0.05) is 11.4 Å². The van der Waals surface area contributed by atoms with Crippen molar-refractivity contribution in [2.75, 3.05) is 0 Å². The van der Waals surface area contributed by atoms with Gasteiger partial charge in [-0.15, -0.1) is 0 Å². The molecule has 2 rings (SSSR count). The maximum Gasteiger partial charge on any atom is 0.0432 e. The van der Waals surface area contributed by atoms with Crippen LogP contribution in [-0.2, 0) is 6.42 Å². The zero-order chi connectivity index (χ0) is 16.8. The average Bonchev–Trinajstić information content (AvgIpc) is 2.55. The number of pyridine rings is 1. The van der Waals surface area contributed by atoms with Crippen LogP contribution < -0.4 is 0 Å². The van der Waals surface area contributed by atoms with Crippen LogP contribution >= 0.6 is 0 Å². The number of nitrogens with zero attached hydrogens (tertiary/aromatic N) is 1. The summed E-state index contributed by atoms with van der Waals surface area (Å²) in [4.78, 5) is 4.78. The quantitative estimate of drug-likeness (QED) is 0.572. The normalized spacial score (nSPS) is 12.8. The topological polar surface area (TPSA) is 12.9 Å². The summed E-state index contributed by atoms with van der Waals surface area (Å²) in [5.41, 5.74) is 5.36. The lowest BCUT2D eigenvalue weighted by Gasteiger charge is -2.15. The van der Waals surface area contributed by atoms with Gasteiger partial charge in [0.15, 0.2) is 0 Å². The Hall–Kier alpha value is -1.63. The molecule has 0 fully saturated rings. The Balaban J connectivity index is 1.91. The molecule has 1 aromatic heterocycles. The van der Waals surface area contributed by atoms with Gasteiger partial charge in [0.05, 0.1) is 0 Å². The van der Waals surface area contributed by atoms with E-state index in [2.05, 4.69) is 77.1 Å². The fourth-order valence-corrected chi connectivity index (χ4v) is 2.94. The molecule has 0 radical (unpaired) electrons. The molecule has 1 nitrogen and oxygen atoms in total. The van der Waals surface area contributed by atoms with E-state index in [1.807, 2.05) is 0 Å². The Morgan fingerprint density at radius 2 is 1.52 bits per heavy atom. The minimum atomic E-state index is 0.507. The number of hydrogen-bond donors (Lipinski definition) is 0. The third kappa shape index (κ3) is 5.20. The van der Waals surface area contributed by atoms with Crippen molar-refractivity contribution in [3.8, 4) is 0 Å². The molecule has 0 bridgehead atoms. The van der Waals surface area contributed by atoms with Gasteiger partial charge in [-0.2, -0.15) is 0 Å². The van der Waals surface area contributed by atoms with Crippen molar-refractivity contribution >= 4 is 0 Å². The molecule has 0 saturated carbocycles. The Bertz CT molecular complexity index is 613. The molecule has 0 spiro atoms. The predicted octanol–water partition coefficient (Wildman–Crippen LogP) is 6.45. The Morgan fingerprint density at radius 3 is 2.22 bits per heavy atom. The summed E-state index contributed by atoms with van der Waals surface area (Å²) in [6.07, 6.45) is 3.49. The zero-order valence-electron chi connectivity index (χ0n) is 15.3.